The van der Waals surface area contributed by atoms with Crippen LogP contribution in [0.25, 0.3) is 10.8 Å². The second-order valence-electron chi connectivity index (χ2n) is 9.78. The molecule has 36 heavy (non-hydrogen) atoms. The lowest BCUT2D eigenvalue weighted by molar-refractivity contribution is -0.130. The number of rotatable bonds is 9. The lowest BCUT2D eigenvalue weighted by atomic mass is 9.88. The summed E-state index contributed by atoms with van der Waals surface area (Å²) in [7, 11) is -0.633. The van der Waals surface area contributed by atoms with Gasteiger partial charge in [0.15, 0.2) is 5.78 Å². The zero-order valence-electron chi connectivity index (χ0n) is 20.9. The molecule has 0 unspecified atom stereocenters. The highest BCUT2D eigenvalue weighted by atomic mass is 32.2. The fourth-order valence-electron chi connectivity index (χ4n) is 4.98. The van der Waals surface area contributed by atoms with Crippen molar-refractivity contribution in [2.24, 2.45) is 5.92 Å². The van der Waals surface area contributed by atoms with Crippen molar-refractivity contribution in [2.75, 3.05) is 14.1 Å². The topological polar surface area (TPSA) is 83.6 Å². The molecule has 0 aromatic heterocycles. The molecule has 1 saturated carbocycles. The number of carbonyl (C=O) groups excluding carboxylic acids is 2. The lowest BCUT2D eigenvalue weighted by Crippen LogP contribution is -2.46. The average Bonchev–Trinajstić information content (AvgIpc) is 2.89. The second kappa shape index (κ2) is 11.4. The number of hydrogen-bond acceptors (Lipinski definition) is 4. The van der Waals surface area contributed by atoms with E-state index in [1.165, 1.54) is 18.4 Å². The van der Waals surface area contributed by atoms with Crippen molar-refractivity contribution >= 4 is 32.5 Å². The van der Waals surface area contributed by atoms with Crippen LogP contribution in [-0.2, 0) is 32.5 Å². The summed E-state index contributed by atoms with van der Waals surface area (Å²) in [5, 5.41) is 4.38. The Labute approximate surface area is 213 Å². The van der Waals surface area contributed by atoms with Gasteiger partial charge in [0.2, 0.25) is 15.9 Å². The van der Waals surface area contributed by atoms with Crippen molar-refractivity contribution in [1.82, 2.24) is 9.62 Å². The standard InChI is InChI=1S/C29H34N2O4S/c1-31(2)36(34,35)28-18-10-16-24-23(15-9-17-25(24)28)20-27(32)26(19-21-11-5-3-6-12-21)30-29(33)22-13-7-4-8-14-22/h3,5-6,9-12,15-18,22,26H,4,7-8,13-14,19-20H2,1-2H3,(H,30,33)/t26-/m0/s1. The minimum absolute atomic E-state index is 0.0405. The quantitative estimate of drug-likeness (QED) is 0.463. The third kappa shape index (κ3) is 5.85. The molecule has 1 aliphatic rings. The Morgan fingerprint density at radius 1 is 0.889 bits per heavy atom. The number of fused-ring (bicyclic) bond motifs is 1. The van der Waals surface area contributed by atoms with Gasteiger partial charge < -0.3 is 5.32 Å². The van der Waals surface area contributed by atoms with E-state index in [2.05, 4.69) is 5.32 Å². The van der Waals surface area contributed by atoms with Crippen molar-refractivity contribution in [3.05, 3.63) is 77.9 Å². The van der Waals surface area contributed by atoms with Gasteiger partial charge in [0.1, 0.15) is 0 Å². The molecule has 3 aromatic carbocycles. The van der Waals surface area contributed by atoms with E-state index >= 15 is 0 Å². The van der Waals surface area contributed by atoms with Crippen molar-refractivity contribution in [3.63, 3.8) is 0 Å². The van der Waals surface area contributed by atoms with Crippen LogP contribution in [0, 0.1) is 5.92 Å². The van der Waals surface area contributed by atoms with Crippen LogP contribution >= 0.6 is 0 Å². The summed E-state index contributed by atoms with van der Waals surface area (Å²) in [6.07, 6.45) is 5.50. The highest BCUT2D eigenvalue weighted by Crippen LogP contribution is 2.28. The van der Waals surface area contributed by atoms with E-state index in [-0.39, 0.29) is 28.9 Å². The number of nitrogens with one attached hydrogen (secondary N) is 1. The minimum atomic E-state index is -3.64. The Morgan fingerprint density at radius 2 is 1.56 bits per heavy atom. The summed E-state index contributed by atoms with van der Waals surface area (Å²) in [5.41, 5.74) is 1.73. The maximum atomic E-state index is 13.6. The minimum Gasteiger partial charge on any atom is -0.346 e. The Morgan fingerprint density at radius 3 is 2.25 bits per heavy atom. The molecular formula is C29H34N2O4S. The Hall–Kier alpha value is -3.03. The molecule has 0 heterocycles. The number of nitrogens with zero attached hydrogens (tertiary/aromatic N) is 1. The van der Waals surface area contributed by atoms with E-state index in [9.17, 15) is 18.0 Å². The van der Waals surface area contributed by atoms with Crippen molar-refractivity contribution < 1.29 is 18.0 Å². The Bertz CT molecular complexity index is 1330. The van der Waals surface area contributed by atoms with Crippen molar-refractivity contribution in [2.45, 2.75) is 55.9 Å². The van der Waals surface area contributed by atoms with E-state index in [4.69, 9.17) is 0 Å². The molecule has 0 saturated heterocycles. The van der Waals surface area contributed by atoms with Gasteiger partial charge in [0, 0.05) is 31.8 Å². The zero-order chi connectivity index (χ0) is 25.7. The highest BCUT2D eigenvalue weighted by molar-refractivity contribution is 7.89. The highest BCUT2D eigenvalue weighted by Gasteiger charge is 2.28. The summed E-state index contributed by atoms with van der Waals surface area (Å²) in [5.74, 6) is -0.168. The van der Waals surface area contributed by atoms with E-state index in [1.807, 2.05) is 42.5 Å². The second-order valence-corrected chi connectivity index (χ2v) is 11.9. The maximum Gasteiger partial charge on any atom is 0.243 e. The first-order valence-corrected chi connectivity index (χ1v) is 14.0. The summed E-state index contributed by atoms with van der Waals surface area (Å²) in [4.78, 5) is 26.9. The largest absolute Gasteiger partial charge is 0.346 e. The van der Waals surface area contributed by atoms with Gasteiger partial charge in [-0.25, -0.2) is 12.7 Å². The summed E-state index contributed by atoms with van der Waals surface area (Å²) in [6, 6.07) is 19.6. The van der Waals surface area contributed by atoms with Gasteiger partial charge >= 0.3 is 0 Å². The normalized spacial score (nSPS) is 15.6. The van der Waals surface area contributed by atoms with Gasteiger partial charge in [-0.15, -0.1) is 0 Å². The molecule has 0 radical (unpaired) electrons. The summed E-state index contributed by atoms with van der Waals surface area (Å²) >= 11 is 0. The SMILES string of the molecule is CN(C)S(=O)(=O)c1cccc2c(CC(=O)[C@H](Cc3ccccc3)NC(=O)C3CCCCC3)cccc12. The monoisotopic (exact) mass is 506 g/mol. The predicted octanol–water partition coefficient (Wildman–Crippen LogP) is 4.51. The third-order valence-corrected chi connectivity index (χ3v) is 8.93. The molecule has 0 bridgehead atoms. The van der Waals surface area contributed by atoms with Crippen LogP contribution in [0.1, 0.15) is 43.2 Å². The molecule has 0 aliphatic heterocycles. The molecule has 0 spiro atoms. The summed E-state index contributed by atoms with van der Waals surface area (Å²) in [6.45, 7) is 0. The van der Waals surface area contributed by atoms with Crippen LogP contribution < -0.4 is 5.32 Å². The van der Waals surface area contributed by atoms with Crippen molar-refractivity contribution in [1.29, 1.82) is 0 Å². The van der Waals surface area contributed by atoms with Gasteiger partial charge in [-0.1, -0.05) is 79.9 Å². The number of amides is 1. The molecule has 190 valence electrons. The number of hydrogen-bond donors (Lipinski definition) is 1. The van der Waals surface area contributed by atoms with Crippen LogP contribution in [0.15, 0.2) is 71.6 Å². The molecule has 7 heteroatoms. The van der Waals surface area contributed by atoms with Crippen LogP contribution in [0.4, 0.5) is 0 Å². The first-order valence-electron chi connectivity index (χ1n) is 12.6. The zero-order valence-corrected chi connectivity index (χ0v) is 21.8. The fourth-order valence-corrected chi connectivity index (χ4v) is 6.08. The molecule has 4 rings (SSSR count). The van der Waals surface area contributed by atoms with Crippen molar-refractivity contribution in [3.8, 4) is 0 Å². The van der Waals surface area contributed by atoms with Gasteiger partial charge in [-0.3, -0.25) is 9.59 Å². The molecule has 3 aromatic rings. The van der Waals surface area contributed by atoms with Gasteiger partial charge in [0.05, 0.1) is 10.9 Å². The molecule has 1 amide bonds. The van der Waals surface area contributed by atoms with E-state index < -0.39 is 16.1 Å². The van der Waals surface area contributed by atoms with E-state index in [0.29, 0.717) is 11.8 Å². The molecular weight excluding hydrogens is 472 g/mol. The molecule has 1 aliphatic carbocycles. The average molecular weight is 507 g/mol. The third-order valence-electron chi connectivity index (χ3n) is 7.06. The van der Waals surface area contributed by atoms with Crippen LogP contribution in [0.2, 0.25) is 0 Å². The van der Waals surface area contributed by atoms with Gasteiger partial charge in [0.25, 0.3) is 0 Å². The van der Waals surface area contributed by atoms with Gasteiger partial charge in [-0.2, -0.15) is 0 Å². The molecule has 1 atom stereocenters. The van der Waals surface area contributed by atoms with E-state index in [0.717, 1.165) is 48.6 Å². The lowest BCUT2D eigenvalue weighted by Gasteiger charge is -2.25. The molecule has 1 fully saturated rings. The number of carbonyl (C=O) groups is 2. The number of benzene rings is 3. The fraction of sp³-hybridized carbons (Fsp3) is 0.379. The smallest absolute Gasteiger partial charge is 0.243 e. The number of sulfonamides is 1. The molecule has 6 nitrogen and oxygen atoms in total. The summed E-state index contributed by atoms with van der Waals surface area (Å²) < 4.78 is 26.9. The predicted molar refractivity (Wildman–Crippen MR) is 142 cm³/mol. The number of ketones is 1. The van der Waals surface area contributed by atoms with E-state index in [1.54, 1.807) is 24.3 Å². The van der Waals surface area contributed by atoms with Crippen LogP contribution in [0.3, 0.4) is 0 Å². The maximum absolute atomic E-state index is 13.6. The first kappa shape index (κ1) is 26.0. The Balaban J connectivity index is 1.63. The first-order chi connectivity index (χ1) is 17.3. The van der Waals surface area contributed by atoms with Crippen LogP contribution in [-0.4, -0.2) is 44.6 Å². The van der Waals surface area contributed by atoms with Crippen LogP contribution in [0.5, 0.6) is 0 Å². The molecule has 1 N–H and O–H groups in total. The number of Topliss-reactive ketones (excluding diaryl/α,β-unsaturated/α-hetero) is 1. The van der Waals surface area contributed by atoms with Gasteiger partial charge in [-0.05, 0) is 41.8 Å². The Kier molecular flexibility index (Phi) is 8.21.